The summed E-state index contributed by atoms with van der Waals surface area (Å²) in [6.45, 7) is 5.86. The van der Waals surface area contributed by atoms with Crippen molar-refractivity contribution in [2.45, 2.75) is 33.2 Å². The summed E-state index contributed by atoms with van der Waals surface area (Å²) in [6.07, 6.45) is 0.920. The lowest BCUT2D eigenvalue weighted by atomic mass is 10.0. The number of nitrogens with two attached hydrogens (primary N) is 1. The highest BCUT2D eigenvalue weighted by Crippen LogP contribution is 2.21. The van der Waals surface area contributed by atoms with E-state index in [4.69, 9.17) is 10.3 Å². The molecule has 0 aromatic carbocycles. The van der Waals surface area contributed by atoms with Gasteiger partial charge < -0.3 is 10.3 Å². The van der Waals surface area contributed by atoms with Gasteiger partial charge in [-0.25, -0.2) is 0 Å². The second-order valence-electron chi connectivity index (χ2n) is 2.75. The first-order chi connectivity index (χ1) is 5.16. The minimum atomic E-state index is 0.0706. The molecule has 1 aromatic heterocycles. The van der Waals surface area contributed by atoms with Crippen LogP contribution in [0.5, 0.6) is 0 Å². The van der Waals surface area contributed by atoms with Crippen molar-refractivity contribution in [3.8, 4) is 0 Å². The fourth-order valence-electron chi connectivity index (χ4n) is 1.22. The van der Waals surface area contributed by atoms with Crippen LogP contribution < -0.4 is 5.73 Å². The van der Waals surface area contributed by atoms with E-state index in [0.29, 0.717) is 0 Å². The number of nitrogens with zero attached hydrogens (tertiary/aromatic N) is 1. The highest BCUT2D eigenvalue weighted by molar-refractivity contribution is 5.24. The normalized spacial score (nSPS) is 13.5. The number of hydrogen-bond acceptors (Lipinski definition) is 3. The second-order valence-corrected chi connectivity index (χ2v) is 2.75. The molecule has 0 spiro atoms. The van der Waals surface area contributed by atoms with E-state index in [1.165, 1.54) is 0 Å². The van der Waals surface area contributed by atoms with Gasteiger partial charge in [-0.3, -0.25) is 0 Å². The molecule has 0 bridgehead atoms. The topological polar surface area (TPSA) is 52.0 Å². The van der Waals surface area contributed by atoms with Crippen LogP contribution in [0.4, 0.5) is 0 Å². The predicted octanol–water partition coefficient (Wildman–Crippen LogP) is 1.70. The Morgan fingerprint density at radius 1 is 1.55 bits per heavy atom. The molecule has 0 radical (unpaired) electrons. The van der Waals surface area contributed by atoms with Crippen LogP contribution in [0, 0.1) is 13.8 Å². The van der Waals surface area contributed by atoms with E-state index in [9.17, 15) is 0 Å². The maximum Gasteiger partial charge on any atom is 0.138 e. The van der Waals surface area contributed by atoms with Gasteiger partial charge in [0.1, 0.15) is 5.76 Å². The molecule has 1 atom stereocenters. The average Bonchev–Trinajstić information content (AvgIpc) is 2.30. The zero-order valence-electron chi connectivity index (χ0n) is 7.22. The number of aryl methyl sites for hydroxylation is 2. The van der Waals surface area contributed by atoms with Gasteiger partial charge in [0.15, 0.2) is 0 Å². The number of aromatic nitrogens is 1. The quantitative estimate of drug-likeness (QED) is 0.705. The smallest absolute Gasteiger partial charge is 0.138 e. The van der Waals surface area contributed by atoms with Crippen LogP contribution in [-0.4, -0.2) is 5.16 Å². The van der Waals surface area contributed by atoms with Gasteiger partial charge in [-0.2, -0.15) is 0 Å². The molecule has 0 saturated carbocycles. The van der Waals surface area contributed by atoms with Crippen LogP contribution in [0.3, 0.4) is 0 Å². The van der Waals surface area contributed by atoms with Crippen LogP contribution in [0.1, 0.15) is 36.4 Å². The monoisotopic (exact) mass is 154 g/mol. The van der Waals surface area contributed by atoms with E-state index in [-0.39, 0.29) is 6.04 Å². The molecule has 0 fully saturated rings. The van der Waals surface area contributed by atoms with Gasteiger partial charge in [-0.05, 0) is 20.3 Å². The van der Waals surface area contributed by atoms with E-state index in [2.05, 4.69) is 12.1 Å². The van der Waals surface area contributed by atoms with E-state index < -0.39 is 0 Å². The largest absolute Gasteiger partial charge is 0.361 e. The lowest BCUT2D eigenvalue weighted by Crippen LogP contribution is -2.10. The molecular weight excluding hydrogens is 140 g/mol. The van der Waals surface area contributed by atoms with Gasteiger partial charge in [-0.1, -0.05) is 12.1 Å². The van der Waals surface area contributed by atoms with Crippen molar-refractivity contribution in [1.29, 1.82) is 0 Å². The number of rotatable bonds is 2. The fourth-order valence-corrected chi connectivity index (χ4v) is 1.22. The van der Waals surface area contributed by atoms with Crippen molar-refractivity contribution >= 4 is 0 Å². The third kappa shape index (κ3) is 1.43. The molecule has 3 heteroatoms. The van der Waals surface area contributed by atoms with Crippen molar-refractivity contribution in [2.75, 3.05) is 0 Å². The van der Waals surface area contributed by atoms with Crippen LogP contribution in [0.15, 0.2) is 4.52 Å². The zero-order chi connectivity index (χ0) is 8.43. The van der Waals surface area contributed by atoms with Gasteiger partial charge in [0, 0.05) is 11.6 Å². The number of hydrogen-bond donors (Lipinski definition) is 1. The van der Waals surface area contributed by atoms with Crippen LogP contribution in [-0.2, 0) is 0 Å². The maximum absolute atomic E-state index is 5.84. The predicted molar refractivity (Wildman–Crippen MR) is 43.2 cm³/mol. The Morgan fingerprint density at radius 3 is 2.55 bits per heavy atom. The summed E-state index contributed by atoms with van der Waals surface area (Å²) in [5.74, 6) is 0.844. The SMILES string of the molecule is CCC(N)c1c(C)noc1C. The lowest BCUT2D eigenvalue weighted by molar-refractivity contribution is 0.391. The van der Waals surface area contributed by atoms with Gasteiger partial charge in [0.2, 0.25) is 0 Å². The van der Waals surface area contributed by atoms with Crippen LogP contribution >= 0.6 is 0 Å². The van der Waals surface area contributed by atoms with Crippen molar-refractivity contribution < 1.29 is 4.52 Å². The summed E-state index contributed by atoms with van der Waals surface area (Å²) in [7, 11) is 0. The van der Waals surface area contributed by atoms with Gasteiger partial charge in [0.05, 0.1) is 5.69 Å². The van der Waals surface area contributed by atoms with Crippen molar-refractivity contribution in [2.24, 2.45) is 5.73 Å². The molecule has 0 aliphatic rings. The zero-order valence-corrected chi connectivity index (χ0v) is 7.22. The molecular formula is C8H14N2O. The van der Waals surface area contributed by atoms with E-state index >= 15 is 0 Å². The van der Waals surface area contributed by atoms with Crippen LogP contribution in [0.2, 0.25) is 0 Å². The highest BCUT2D eigenvalue weighted by Gasteiger charge is 2.14. The Kier molecular flexibility index (Phi) is 2.29. The summed E-state index contributed by atoms with van der Waals surface area (Å²) < 4.78 is 4.99. The van der Waals surface area contributed by atoms with Crippen molar-refractivity contribution in [3.63, 3.8) is 0 Å². The molecule has 1 rings (SSSR count). The standard InChI is InChI=1S/C8H14N2O/c1-4-7(9)8-5(2)10-11-6(8)3/h7H,4,9H2,1-3H3. The van der Waals surface area contributed by atoms with E-state index in [1.807, 2.05) is 13.8 Å². The molecule has 62 valence electrons. The van der Waals surface area contributed by atoms with Crippen LogP contribution in [0.25, 0.3) is 0 Å². The molecule has 3 nitrogen and oxygen atoms in total. The summed E-state index contributed by atoms with van der Waals surface area (Å²) >= 11 is 0. The van der Waals surface area contributed by atoms with E-state index in [1.54, 1.807) is 0 Å². The van der Waals surface area contributed by atoms with Gasteiger partial charge >= 0.3 is 0 Å². The Labute approximate surface area is 66.6 Å². The van der Waals surface area contributed by atoms with Crippen molar-refractivity contribution in [3.05, 3.63) is 17.0 Å². The maximum atomic E-state index is 5.84. The Hall–Kier alpha value is -0.830. The first kappa shape index (κ1) is 8.27. The molecule has 0 aliphatic carbocycles. The Morgan fingerprint density at radius 2 is 2.18 bits per heavy atom. The summed E-state index contributed by atoms with van der Waals surface area (Å²) in [4.78, 5) is 0. The molecule has 1 heterocycles. The molecule has 0 amide bonds. The summed E-state index contributed by atoms with van der Waals surface area (Å²) in [5.41, 5.74) is 7.82. The molecule has 0 aliphatic heterocycles. The second kappa shape index (κ2) is 3.05. The summed E-state index contributed by atoms with van der Waals surface area (Å²) in [5, 5.41) is 3.83. The average molecular weight is 154 g/mol. The lowest BCUT2D eigenvalue weighted by Gasteiger charge is -2.06. The first-order valence-electron chi connectivity index (χ1n) is 3.85. The van der Waals surface area contributed by atoms with Crippen molar-refractivity contribution in [1.82, 2.24) is 5.16 Å². The highest BCUT2D eigenvalue weighted by atomic mass is 16.5. The minimum Gasteiger partial charge on any atom is -0.361 e. The van der Waals surface area contributed by atoms with Gasteiger partial charge in [0.25, 0.3) is 0 Å². The third-order valence-electron chi connectivity index (χ3n) is 1.90. The molecule has 1 aromatic rings. The molecule has 0 saturated heterocycles. The van der Waals surface area contributed by atoms with Gasteiger partial charge in [-0.15, -0.1) is 0 Å². The summed E-state index contributed by atoms with van der Waals surface area (Å²) in [6, 6.07) is 0.0706. The van der Waals surface area contributed by atoms with E-state index in [0.717, 1.165) is 23.4 Å². The third-order valence-corrected chi connectivity index (χ3v) is 1.90. The Bertz CT molecular complexity index is 223. The minimum absolute atomic E-state index is 0.0706. The Balaban J connectivity index is 3.00. The first-order valence-corrected chi connectivity index (χ1v) is 3.85. The molecule has 2 N–H and O–H groups in total. The molecule has 1 unspecified atom stereocenters. The molecule has 11 heavy (non-hydrogen) atoms. The fraction of sp³-hybridized carbons (Fsp3) is 0.625.